The van der Waals surface area contributed by atoms with Crippen molar-refractivity contribution in [3.63, 3.8) is 0 Å². The fourth-order valence-electron chi connectivity index (χ4n) is 1.46. The van der Waals surface area contributed by atoms with Gasteiger partial charge in [0.15, 0.2) is 0 Å². The van der Waals surface area contributed by atoms with Crippen molar-refractivity contribution in [3.05, 3.63) is 34.3 Å². The minimum atomic E-state index is 0.372. The van der Waals surface area contributed by atoms with Crippen molar-refractivity contribution in [2.24, 2.45) is 0 Å². The smallest absolute Gasteiger partial charge is 0.0717 e. The van der Waals surface area contributed by atoms with E-state index in [0.717, 1.165) is 17.6 Å². The third-order valence-electron chi connectivity index (χ3n) is 2.34. The predicted octanol–water partition coefficient (Wildman–Crippen LogP) is 2.59. The molecule has 0 aromatic heterocycles. The standard InChI is InChI=1S/C13H20BrNO2/c1-11(9-16-2)15-7-8-17-10-12-3-5-13(14)6-4-12/h3-6,11,15H,7-10H2,1-2H3. The van der Waals surface area contributed by atoms with E-state index in [1.54, 1.807) is 7.11 Å². The topological polar surface area (TPSA) is 30.5 Å². The van der Waals surface area contributed by atoms with Gasteiger partial charge in [-0.15, -0.1) is 0 Å². The summed E-state index contributed by atoms with van der Waals surface area (Å²) in [5, 5.41) is 3.32. The maximum absolute atomic E-state index is 5.57. The van der Waals surface area contributed by atoms with Crippen molar-refractivity contribution in [1.82, 2.24) is 5.32 Å². The van der Waals surface area contributed by atoms with Gasteiger partial charge in [-0.2, -0.15) is 0 Å². The molecule has 1 rings (SSSR count). The SMILES string of the molecule is COCC(C)NCCOCc1ccc(Br)cc1. The molecule has 1 N–H and O–H groups in total. The molecule has 1 atom stereocenters. The van der Waals surface area contributed by atoms with Crippen LogP contribution >= 0.6 is 15.9 Å². The monoisotopic (exact) mass is 301 g/mol. The zero-order chi connectivity index (χ0) is 12.5. The molecule has 0 saturated heterocycles. The van der Waals surface area contributed by atoms with Crippen LogP contribution < -0.4 is 5.32 Å². The summed E-state index contributed by atoms with van der Waals surface area (Å²) in [6, 6.07) is 8.54. The lowest BCUT2D eigenvalue weighted by Crippen LogP contribution is -2.32. The van der Waals surface area contributed by atoms with E-state index in [-0.39, 0.29) is 0 Å². The van der Waals surface area contributed by atoms with Crippen LogP contribution in [-0.4, -0.2) is 32.9 Å². The summed E-state index contributed by atoms with van der Waals surface area (Å²) >= 11 is 3.41. The summed E-state index contributed by atoms with van der Waals surface area (Å²) in [6.07, 6.45) is 0. The molecule has 0 radical (unpaired) electrons. The number of ether oxygens (including phenoxy) is 2. The number of benzene rings is 1. The van der Waals surface area contributed by atoms with Gasteiger partial charge in [-0.3, -0.25) is 0 Å². The average molecular weight is 302 g/mol. The molecule has 0 bridgehead atoms. The van der Waals surface area contributed by atoms with Gasteiger partial charge in [0.2, 0.25) is 0 Å². The van der Waals surface area contributed by atoms with Crippen LogP contribution in [0.25, 0.3) is 0 Å². The molecule has 0 amide bonds. The van der Waals surface area contributed by atoms with Crippen LogP contribution in [0.3, 0.4) is 0 Å². The zero-order valence-corrected chi connectivity index (χ0v) is 12.0. The first-order valence-corrected chi connectivity index (χ1v) is 6.56. The maximum Gasteiger partial charge on any atom is 0.0717 e. The molecular weight excluding hydrogens is 282 g/mol. The molecule has 4 heteroatoms. The first-order valence-electron chi connectivity index (χ1n) is 5.77. The molecule has 0 aliphatic rings. The van der Waals surface area contributed by atoms with Gasteiger partial charge in [0, 0.05) is 24.2 Å². The normalized spacial score (nSPS) is 12.6. The van der Waals surface area contributed by atoms with E-state index in [0.29, 0.717) is 19.3 Å². The van der Waals surface area contributed by atoms with Crippen molar-refractivity contribution in [3.8, 4) is 0 Å². The fourth-order valence-corrected chi connectivity index (χ4v) is 1.72. The molecule has 96 valence electrons. The predicted molar refractivity (Wildman–Crippen MR) is 73.1 cm³/mol. The van der Waals surface area contributed by atoms with E-state index >= 15 is 0 Å². The number of nitrogens with one attached hydrogen (secondary N) is 1. The van der Waals surface area contributed by atoms with Crippen molar-refractivity contribution >= 4 is 15.9 Å². The molecule has 1 aromatic rings. The molecule has 0 heterocycles. The quantitative estimate of drug-likeness (QED) is 0.749. The number of hydrogen-bond acceptors (Lipinski definition) is 3. The summed E-state index contributed by atoms with van der Waals surface area (Å²) in [4.78, 5) is 0. The second-order valence-corrected chi connectivity index (χ2v) is 4.91. The third kappa shape index (κ3) is 6.78. The van der Waals surface area contributed by atoms with Crippen molar-refractivity contribution in [2.75, 3.05) is 26.9 Å². The molecule has 17 heavy (non-hydrogen) atoms. The van der Waals surface area contributed by atoms with Gasteiger partial charge in [-0.05, 0) is 24.6 Å². The minimum absolute atomic E-state index is 0.372. The van der Waals surface area contributed by atoms with Gasteiger partial charge >= 0.3 is 0 Å². The van der Waals surface area contributed by atoms with Crippen molar-refractivity contribution in [1.29, 1.82) is 0 Å². The van der Waals surface area contributed by atoms with E-state index in [2.05, 4.69) is 40.3 Å². The molecule has 0 spiro atoms. The summed E-state index contributed by atoms with van der Waals surface area (Å²) in [6.45, 7) is 5.05. The molecule has 0 fully saturated rings. The second-order valence-electron chi connectivity index (χ2n) is 3.99. The van der Waals surface area contributed by atoms with Gasteiger partial charge in [0.25, 0.3) is 0 Å². The van der Waals surface area contributed by atoms with Crippen LogP contribution in [0.2, 0.25) is 0 Å². The molecule has 1 unspecified atom stereocenters. The molecular formula is C13H20BrNO2. The van der Waals surface area contributed by atoms with Gasteiger partial charge in [0.1, 0.15) is 0 Å². The largest absolute Gasteiger partial charge is 0.383 e. The van der Waals surface area contributed by atoms with E-state index < -0.39 is 0 Å². The lowest BCUT2D eigenvalue weighted by atomic mass is 10.2. The van der Waals surface area contributed by atoms with Crippen molar-refractivity contribution < 1.29 is 9.47 Å². The van der Waals surface area contributed by atoms with E-state index in [9.17, 15) is 0 Å². The Bertz CT molecular complexity index is 303. The fraction of sp³-hybridized carbons (Fsp3) is 0.538. The Morgan fingerprint density at radius 3 is 2.65 bits per heavy atom. The van der Waals surface area contributed by atoms with Gasteiger partial charge < -0.3 is 14.8 Å². The number of rotatable bonds is 8. The summed E-state index contributed by atoms with van der Waals surface area (Å²) in [5.74, 6) is 0. The van der Waals surface area contributed by atoms with Crippen LogP contribution in [0.15, 0.2) is 28.7 Å². The van der Waals surface area contributed by atoms with Gasteiger partial charge in [0.05, 0.1) is 19.8 Å². The second kappa shape index (κ2) is 8.64. The van der Waals surface area contributed by atoms with E-state index in [4.69, 9.17) is 9.47 Å². The summed E-state index contributed by atoms with van der Waals surface area (Å²) < 4.78 is 11.7. The molecule has 3 nitrogen and oxygen atoms in total. The Labute approximate surface area is 112 Å². The van der Waals surface area contributed by atoms with Crippen LogP contribution in [0.1, 0.15) is 12.5 Å². The molecule has 1 aromatic carbocycles. The number of halogens is 1. The molecule has 0 aliphatic carbocycles. The third-order valence-corrected chi connectivity index (χ3v) is 2.87. The molecule has 0 saturated carbocycles. The Balaban J connectivity index is 2.06. The van der Waals surface area contributed by atoms with Gasteiger partial charge in [-0.25, -0.2) is 0 Å². The highest BCUT2D eigenvalue weighted by molar-refractivity contribution is 9.10. The first kappa shape index (κ1) is 14.6. The zero-order valence-electron chi connectivity index (χ0n) is 10.4. The Kier molecular flexibility index (Phi) is 7.44. The summed E-state index contributed by atoms with van der Waals surface area (Å²) in [7, 11) is 1.71. The van der Waals surface area contributed by atoms with Crippen LogP contribution in [0, 0.1) is 0 Å². The average Bonchev–Trinajstić information content (AvgIpc) is 2.31. The van der Waals surface area contributed by atoms with Gasteiger partial charge in [-0.1, -0.05) is 28.1 Å². The van der Waals surface area contributed by atoms with E-state index in [1.807, 2.05) is 12.1 Å². The Morgan fingerprint density at radius 2 is 2.00 bits per heavy atom. The molecule has 0 aliphatic heterocycles. The maximum atomic E-state index is 5.57. The number of methoxy groups -OCH3 is 1. The van der Waals surface area contributed by atoms with Crippen LogP contribution in [0.4, 0.5) is 0 Å². The summed E-state index contributed by atoms with van der Waals surface area (Å²) in [5.41, 5.74) is 1.19. The highest BCUT2D eigenvalue weighted by atomic mass is 79.9. The van der Waals surface area contributed by atoms with E-state index in [1.165, 1.54) is 5.56 Å². The Hall–Kier alpha value is -0.420. The van der Waals surface area contributed by atoms with Crippen molar-refractivity contribution in [2.45, 2.75) is 19.6 Å². The lowest BCUT2D eigenvalue weighted by Gasteiger charge is -2.12. The first-order chi connectivity index (χ1) is 8.22. The highest BCUT2D eigenvalue weighted by Gasteiger charge is 1.99. The highest BCUT2D eigenvalue weighted by Crippen LogP contribution is 2.10. The van der Waals surface area contributed by atoms with Crippen LogP contribution in [0.5, 0.6) is 0 Å². The Morgan fingerprint density at radius 1 is 1.29 bits per heavy atom. The van der Waals surface area contributed by atoms with Crippen LogP contribution in [-0.2, 0) is 16.1 Å². The lowest BCUT2D eigenvalue weighted by molar-refractivity contribution is 0.114. The number of hydrogen-bond donors (Lipinski definition) is 1. The minimum Gasteiger partial charge on any atom is -0.383 e.